The maximum atomic E-state index is 13.9. The number of nitrogens with zero attached hydrogens (tertiary/aromatic N) is 3. The zero-order valence-electron chi connectivity index (χ0n) is 16.7. The Balaban J connectivity index is 0.00000256. The summed E-state index contributed by atoms with van der Waals surface area (Å²) in [6, 6.07) is 7.94. The molecule has 0 spiro atoms. The van der Waals surface area contributed by atoms with Gasteiger partial charge in [0.05, 0.1) is 0 Å². The molecule has 1 aromatic carbocycles. The monoisotopic (exact) mass is 526 g/mol. The molecule has 3 aromatic rings. The van der Waals surface area contributed by atoms with Crippen molar-refractivity contribution in [2.45, 2.75) is 18.9 Å². The van der Waals surface area contributed by atoms with Gasteiger partial charge in [0.15, 0.2) is 17.6 Å². The Hall–Kier alpha value is -2.43. The van der Waals surface area contributed by atoms with E-state index in [0.29, 0.717) is 24.9 Å². The molecule has 2 aromatic heterocycles. The van der Waals surface area contributed by atoms with Crippen LogP contribution in [0.3, 0.4) is 0 Å². The summed E-state index contributed by atoms with van der Waals surface area (Å²) in [6.45, 7) is 2.06. The second kappa shape index (κ2) is 10.1. The Morgan fingerprint density at radius 3 is 3.00 bits per heavy atom. The van der Waals surface area contributed by atoms with Gasteiger partial charge in [-0.2, -0.15) is 0 Å². The number of guanidine groups is 1. The first-order valence-corrected chi connectivity index (χ1v) is 9.72. The SMILES string of the molecule is CN=C(NCCc1c[nH]c2ccc(F)cc12)NC1CCN(c2ncccc2F)C1.I. The highest BCUT2D eigenvalue weighted by atomic mass is 127. The molecule has 160 valence electrons. The molecule has 4 rings (SSSR count). The van der Waals surface area contributed by atoms with Crippen molar-refractivity contribution >= 4 is 46.7 Å². The Bertz CT molecular complexity index is 1020. The lowest BCUT2D eigenvalue weighted by atomic mass is 10.1. The van der Waals surface area contributed by atoms with Gasteiger partial charge in [-0.15, -0.1) is 24.0 Å². The molecule has 30 heavy (non-hydrogen) atoms. The lowest BCUT2D eigenvalue weighted by molar-refractivity contribution is 0.612. The van der Waals surface area contributed by atoms with Crippen LogP contribution < -0.4 is 15.5 Å². The molecule has 0 amide bonds. The van der Waals surface area contributed by atoms with Gasteiger partial charge in [0.25, 0.3) is 0 Å². The maximum absolute atomic E-state index is 13.9. The van der Waals surface area contributed by atoms with Crippen LogP contribution in [0, 0.1) is 11.6 Å². The third kappa shape index (κ3) is 5.00. The van der Waals surface area contributed by atoms with E-state index in [1.165, 1.54) is 12.1 Å². The van der Waals surface area contributed by atoms with Gasteiger partial charge >= 0.3 is 0 Å². The van der Waals surface area contributed by atoms with E-state index in [0.717, 1.165) is 35.9 Å². The summed E-state index contributed by atoms with van der Waals surface area (Å²) in [5, 5.41) is 7.59. The molecule has 0 radical (unpaired) electrons. The van der Waals surface area contributed by atoms with Crippen LogP contribution in [-0.4, -0.2) is 48.7 Å². The van der Waals surface area contributed by atoms with E-state index >= 15 is 0 Å². The highest BCUT2D eigenvalue weighted by Crippen LogP contribution is 2.21. The average Bonchev–Trinajstić information content (AvgIpc) is 3.34. The van der Waals surface area contributed by atoms with Crippen LogP contribution in [-0.2, 0) is 6.42 Å². The van der Waals surface area contributed by atoms with Crippen molar-refractivity contribution in [3.05, 3.63) is 59.9 Å². The summed E-state index contributed by atoms with van der Waals surface area (Å²) >= 11 is 0. The summed E-state index contributed by atoms with van der Waals surface area (Å²) in [7, 11) is 1.72. The minimum absolute atomic E-state index is 0. The Labute approximate surface area is 191 Å². The summed E-state index contributed by atoms with van der Waals surface area (Å²) in [6.07, 6.45) is 5.13. The van der Waals surface area contributed by atoms with Crippen LogP contribution in [0.4, 0.5) is 14.6 Å². The van der Waals surface area contributed by atoms with Gasteiger partial charge in [0, 0.05) is 56.0 Å². The predicted molar refractivity (Wildman–Crippen MR) is 127 cm³/mol. The van der Waals surface area contributed by atoms with E-state index in [9.17, 15) is 8.78 Å². The smallest absolute Gasteiger partial charge is 0.191 e. The lowest BCUT2D eigenvalue weighted by Gasteiger charge is -2.20. The topological polar surface area (TPSA) is 68.3 Å². The lowest BCUT2D eigenvalue weighted by Crippen LogP contribution is -2.45. The van der Waals surface area contributed by atoms with Crippen molar-refractivity contribution in [3.8, 4) is 0 Å². The molecule has 1 aliphatic rings. The normalized spacial score (nSPS) is 16.6. The molecule has 1 saturated heterocycles. The number of hydrogen-bond acceptors (Lipinski definition) is 3. The quantitative estimate of drug-likeness (QED) is 0.271. The van der Waals surface area contributed by atoms with E-state index in [1.807, 2.05) is 11.1 Å². The number of benzene rings is 1. The van der Waals surface area contributed by atoms with Gasteiger partial charge in [-0.1, -0.05) is 0 Å². The summed E-state index contributed by atoms with van der Waals surface area (Å²) < 4.78 is 27.5. The minimum atomic E-state index is -0.300. The largest absolute Gasteiger partial charge is 0.361 e. The molecule has 9 heteroatoms. The minimum Gasteiger partial charge on any atom is -0.361 e. The van der Waals surface area contributed by atoms with Gasteiger partial charge in [0.2, 0.25) is 0 Å². The number of aromatic nitrogens is 2. The Kier molecular flexibility index (Phi) is 7.46. The second-order valence-corrected chi connectivity index (χ2v) is 7.14. The van der Waals surface area contributed by atoms with E-state index < -0.39 is 0 Å². The van der Waals surface area contributed by atoms with Crippen LogP contribution in [0.2, 0.25) is 0 Å². The first-order valence-electron chi connectivity index (χ1n) is 9.72. The zero-order valence-corrected chi connectivity index (χ0v) is 19.0. The van der Waals surface area contributed by atoms with Gasteiger partial charge in [-0.05, 0) is 48.7 Å². The van der Waals surface area contributed by atoms with Crippen molar-refractivity contribution in [3.63, 3.8) is 0 Å². The number of rotatable bonds is 5. The van der Waals surface area contributed by atoms with Crippen molar-refractivity contribution in [2.75, 3.05) is 31.6 Å². The number of nitrogens with one attached hydrogen (secondary N) is 3. The molecule has 1 atom stereocenters. The molecule has 0 bridgehead atoms. The van der Waals surface area contributed by atoms with Gasteiger partial charge < -0.3 is 20.5 Å². The molecular weight excluding hydrogens is 501 g/mol. The summed E-state index contributed by atoms with van der Waals surface area (Å²) in [5.41, 5.74) is 1.98. The number of hydrogen-bond donors (Lipinski definition) is 3. The van der Waals surface area contributed by atoms with Crippen molar-refractivity contribution in [1.29, 1.82) is 0 Å². The number of H-pyrrole nitrogens is 1. The predicted octanol–water partition coefficient (Wildman–Crippen LogP) is 3.45. The molecule has 0 aliphatic carbocycles. The first-order chi connectivity index (χ1) is 14.1. The van der Waals surface area contributed by atoms with E-state index in [-0.39, 0.29) is 41.7 Å². The fourth-order valence-corrected chi connectivity index (χ4v) is 3.74. The third-order valence-corrected chi connectivity index (χ3v) is 5.21. The number of fused-ring (bicyclic) bond motifs is 1. The highest BCUT2D eigenvalue weighted by molar-refractivity contribution is 14.0. The standard InChI is InChI=1S/C21H24F2N6.HI/c1-24-21(26-9-6-14-12-27-19-5-4-15(22)11-17(14)19)28-16-7-10-29(13-16)20-18(23)3-2-8-25-20;/h2-5,8,11-12,16,27H,6-7,9-10,13H2,1H3,(H2,24,26,28);1H. The molecular formula is C21H25F2IN6. The number of halogens is 3. The average molecular weight is 526 g/mol. The Morgan fingerprint density at radius 1 is 1.33 bits per heavy atom. The molecule has 3 heterocycles. The summed E-state index contributed by atoms with van der Waals surface area (Å²) in [4.78, 5) is 13.5. The van der Waals surface area contributed by atoms with Crippen LogP contribution in [0.1, 0.15) is 12.0 Å². The van der Waals surface area contributed by atoms with Gasteiger partial charge in [-0.3, -0.25) is 4.99 Å². The number of aromatic amines is 1. The fourth-order valence-electron chi connectivity index (χ4n) is 3.74. The van der Waals surface area contributed by atoms with Crippen molar-refractivity contribution in [1.82, 2.24) is 20.6 Å². The van der Waals surface area contributed by atoms with E-state index in [4.69, 9.17) is 0 Å². The number of anilines is 1. The fraction of sp³-hybridized carbons (Fsp3) is 0.333. The molecule has 1 aliphatic heterocycles. The van der Waals surface area contributed by atoms with Crippen LogP contribution in [0.25, 0.3) is 10.9 Å². The van der Waals surface area contributed by atoms with Crippen molar-refractivity contribution < 1.29 is 8.78 Å². The van der Waals surface area contributed by atoms with Gasteiger partial charge in [-0.25, -0.2) is 13.8 Å². The van der Waals surface area contributed by atoms with E-state index in [2.05, 4.69) is 25.6 Å². The Morgan fingerprint density at radius 2 is 2.20 bits per heavy atom. The second-order valence-electron chi connectivity index (χ2n) is 7.14. The van der Waals surface area contributed by atoms with Crippen LogP contribution in [0.15, 0.2) is 47.7 Å². The molecule has 6 nitrogen and oxygen atoms in total. The molecule has 1 fully saturated rings. The van der Waals surface area contributed by atoms with Crippen molar-refractivity contribution in [2.24, 2.45) is 4.99 Å². The highest BCUT2D eigenvalue weighted by Gasteiger charge is 2.25. The van der Waals surface area contributed by atoms with Crippen LogP contribution >= 0.6 is 24.0 Å². The first kappa shape index (κ1) is 22.3. The summed E-state index contributed by atoms with van der Waals surface area (Å²) in [5.74, 6) is 0.556. The molecule has 0 saturated carbocycles. The molecule has 3 N–H and O–H groups in total. The number of aliphatic imine (C=N–C) groups is 1. The van der Waals surface area contributed by atoms with E-state index in [1.54, 1.807) is 31.4 Å². The van der Waals surface area contributed by atoms with Gasteiger partial charge in [0.1, 0.15) is 5.82 Å². The number of pyridine rings is 1. The molecule has 1 unspecified atom stereocenters. The maximum Gasteiger partial charge on any atom is 0.191 e. The third-order valence-electron chi connectivity index (χ3n) is 5.21. The zero-order chi connectivity index (χ0) is 20.2. The van der Waals surface area contributed by atoms with Crippen LogP contribution in [0.5, 0.6) is 0 Å².